The van der Waals surface area contributed by atoms with E-state index in [0.29, 0.717) is 0 Å². The number of nitrogens with one attached hydrogen (secondary N) is 1. The molecule has 0 saturated heterocycles. The SMILES string of the molecule is CCCN(CC1CC1)c1cc(C)ncc1CNCC. The molecule has 3 heteroatoms. The van der Waals surface area contributed by atoms with Crippen molar-refractivity contribution in [3.8, 4) is 0 Å². The molecule has 106 valence electrons. The summed E-state index contributed by atoms with van der Waals surface area (Å²) in [5.74, 6) is 0.923. The lowest BCUT2D eigenvalue weighted by molar-refractivity contribution is 0.686. The zero-order chi connectivity index (χ0) is 13.7. The van der Waals surface area contributed by atoms with Crippen LogP contribution in [-0.4, -0.2) is 24.6 Å². The average Bonchev–Trinajstić information content (AvgIpc) is 3.21. The van der Waals surface area contributed by atoms with Gasteiger partial charge in [-0.2, -0.15) is 0 Å². The highest BCUT2D eigenvalue weighted by Crippen LogP contribution is 2.32. The molecule has 0 aromatic carbocycles. The van der Waals surface area contributed by atoms with Crippen LogP contribution in [0.4, 0.5) is 5.69 Å². The summed E-state index contributed by atoms with van der Waals surface area (Å²) in [5.41, 5.74) is 3.84. The number of anilines is 1. The first-order valence-corrected chi connectivity index (χ1v) is 7.65. The normalized spacial score (nSPS) is 14.7. The van der Waals surface area contributed by atoms with Gasteiger partial charge in [-0.25, -0.2) is 0 Å². The number of aromatic nitrogens is 1. The van der Waals surface area contributed by atoms with Crippen molar-refractivity contribution in [3.63, 3.8) is 0 Å². The van der Waals surface area contributed by atoms with E-state index in [9.17, 15) is 0 Å². The molecule has 0 spiro atoms. The van der Waals surface area contributed by atoms with E-state index < -0.39 is 0 Å². The van der Waals surface area contributed by atoms with E-state index >= 15 is 0 Å². The van der Waals surface area contributed by atoms with Gasteiger partial charge in [0.25, 0.3) is 0 Å². The number of hydrogen-bond acceptors (Lipinski definition) is 3. The van der Waals surface area contributed by atoms with E-state index in [1.165, 1.54) is 37.1 Å². The third-order valence-corrected chi connectivity index (χ3v) is 3.67. The van der Waals surface area contributed by atoms with Gasteiger partial charge in [-0.1, -0.05) is 13.8 Å². The van der Waals surface area contributed by atoms with E-state index in [1.54, 1.807) is 0 Å². The minimum atomic E-state index is 0.921. The predicted octanol–water partition coefficient (Wildman–Crippen LogP) is 3.13. The summed E-state index contributed by atoms with van der Waals surface area (Å²) >= 11 is 0. The van der Waals surface area contributed by atoms with Crippen molar-refractivity contribution in [2.24, 2.45) is 5.92 Å². The summed E-state index contributed by atoms with van der Waals surface area (Å²) < 4.78 is 0. The summed E-state index contributed by atoms with van der Waals surface area (Å²) in [6, 6.07) is 2.25. The third kappa shape index (κ3) is 4.20. The fraction of sp³-hybridized carbons (Fsp3) is 0.688. The minimum Gasteiger partial charge on any atom is -0.371 e. The Morgan fingerprint density at radius 2 is 2.16 bits per heavy atom. The van der Waals surface area contributed by atoms with Crippen LogP contribution in [0.25, 0.3) is 0 Å². The Kier molecular flexibility index (Phi) is 5.20. The standard InChI is InChI=1S/C16H27N3/c1-4-8-19(12-14-6-7-14)16-9-13(3)18-11-15(16)10-17-5-2/h9,11,14,17H,4-8,10,12H2,1-3H3. The number of pyridine rings is 1. The van der Waals surface area contributed by atoms with Gasteiger partial charge in [0.05, 0.1) is 0 Å². The minimum absolute atomic E-state index is 0.921. The fourth-order valence-corrected chi connectivity index (χ4v) is 2.46. The van der Waals surface area contributed by atoms with Crippen molar-refractivity contribution in [3.05, 3.63) is 23.5 Å². The topological polar surface area (TPSA) is 28.2 Å². The zero-order valence-corrected chi connectivity index (χ0v) is 12.6. The lowest BCUT2D eigenvalue weighted by Gasteiger charge is -2.27. The number of aryl methyl sites for hydroxylation is 1. The van der Waals surface area contributed by atoms with Gasteiger partial charge in [0.15, 0.2) is 0 Å². The average molecular weight is 261 g/mol. The van der Waals surface area contributed by atoms with Crippen molar-refractivity contribution in [2.45, 2.75) is 46.6 Å². The molecule has 19 heavy (non-hydrogen) atoms. The first-order chi connectivity index (χ1) is 9.24. The molecule has 1 fully saturated rings. The molecule has 1 heterocycles. The van der Waals surface area contributed by atoms with Gasteiger partial charge >= 0.3 is 0 Å². The molecular formula is C16H27N3. The summed E-state index contributed by atoms with van der Waals surface area (Å²) in [7, 11) is 0. The van der Waals surface area contributed by atoms with Gasteiger partial charge in [0.1, 0.15) is 0 Å². The van der Waals surface area contributed by atoms with E-state index in [1.807, 2.05) is 6.20 Å². The first kappa shape index (κ1) is 14.3. The highest BCUT2D eigenvalue weighted by Gasteiger charge is 2.25. The smallest absolute Gasteiger partial charge is 0.0445 e. The second-order valence-electron chi connectivity index (χ2n) is 5.62. The van der Waals surface area contributed by atoms with Crippen molar-refractivity contribution in [1.82, 2.24) is 10.3 Å². The quantitative estimate of drug-likeness (QED) is 0.779. The summed E-state index contributed by atoms with van der Waals surface area (Å²) in [4.78, 5) is 7.03. The van der Waals surface area contributed by atoms with Crippen molar-refractivity contribution < 1.29 is 0 Å². The van der Waals surface area contributed by atoms with E-state index in [4.69, 9.17) is 0 Å². The molecule has 1 aromatic rings. The summed E-state index contributed by atoms with van der Waals surface area (Å²) in [6.07, 6.45) is 6.07. The molecule has 1 N–H and O–H groups in total. The van der Waals surface area contributed by atoms with Gasteiger partial charge in [-0.3, -0.25) is 4.98 Å². The molecule has 0 radical (unpaired) electrons. The molecule has 0 atom stereocenters. The van der Waals surface area contributed by atoms with Gasteiger partial charge in [0, 0.05) is 42.8 Å². The Bertz CT molecular complexity index is 399. The fourth-order valence-electron chi connectivity index (χ4n) is 2.46. The third-order valence-electron chi connectivity index (χ3n) is 3.67. The van der Waals surface area contributed by atoms with Crippen LogP contribution >= 0.6 is 0 Å². The molecular weight excluding hydrogens is 234 g/mol. The Morgan fingerprint density at radius 1 is 1.37 bits per heavy atom. The Balaban J connectivity index is 2.18. The van der Waals surface area contributed by atoms with Crippen LogP contribution < -0.4 is 10.2 Å². The van der Waals surface area contributed by atoms with Crippen LogP contribution in [0.2, 0.25) is 0 Å². The Hall–Kier alpha value is -1.09. The van der Waals surface area contributed by atoms with E-state index in [-0.39, 0.29) is 0 Å². The molecule has 2 rings (SSSR count). The van der Waals surface area contributed by atoms with Crippen molar-refractivity contribution in [2.75, 3.05) is 24.5 Å². The van der Waals surface area contributed by atoms with Crippen LogP contribution in [0.15, 0.2) is 12.3 Å². The monoisotopic (exact) mass is 261 g/mol. The second kappa shape index (κ2) is 6.90. The van der Waals surface area contributed by atoms with Gasteiger partial charge < -0.3 is 10.2 Å². The molecule has 0 amide bonds. The van der Waals surface area contributed by atoms with Gasteiger partial charge in [0.2, 0.25) is 0 Å². The maximum atomic E-state index is 4.46. The molecule has 0 unspecified atom stereocenters. The summed E-state index contributed by atoms with van der Waals surface area (Å²) in [5, 5.41) is 3.42. The highest BCUT2D eigenvalue weighted by molar-refractivity contribution is 5.53. The molecule has 1 aromatic heterocycles. The van der Waals surface area contributed by atoms with Crippen LogP contribution in [-0.2, 0) is 6.54 Å². The lowest BCUT2D eigenvalue weighted by Crippen LogP contribution is -2.28. The van der Waals surface area contributed by atoms with Crippen LogP contribution in [0.3, 0.4) is 0 Å². The van der Waals surface area contributed by atoms with Crippen molar-refractivity contribution in [1.29, 1.82) is 0 Å². The molecule has 0 bridgehead atoms. The summed E-state index contributed by atoms with van der Waals surface area (Å²) in [6.45, 7) is 10.8. The lowest BCUT2D eigenvalue weighted by atomic mass is 10.1. The van der Waals surface area contributed by atoms with E-state index in [0.717, 1.165) is 31.2 Å². The maximum absolute atomic E-state index is 4.46. The largest absolute Gasteiger partial charge is 0.371 e. The molecule has 1 saturated carbocycles. The Labute approximate surface area is 117 Å². The maximum Gasteiger partial charge on any atom is 0.0445 e. The molecule has 0 aliphatic heterocycles. The first-order valence-electron chi connectivity index (χ1n) is 7.65. The van der Waals surface area contributed by atoms with Crippen molar-refractivity contribution >= 4 is 5.69 Å². The number of hydrogen-bond donors (Lipinski definition) is 1. The number of nitrogens with zero attached hydrogens (tertiary/aromatic N) is 2. The van der Waals surface area contributed by atoms with Crippen LogP contribution in [0, 0.1) is 12.8 Å². The predicted molar refractivity (Wildman–Crippen MR) is 81.6 cm³/mol. The zero-order valence-electron chi connectivity index (χ0n) is 12.6. The second-order valence-corrected chi connectivity index (χ2v) is 5.62. The van der Waals surface area contributed by atoms with E-state index in [2.05, 4.69) is 42.0 Å². The van der Waals surface area contributed by atoms with Gasteiger partial charge in [-0.15, -0.1) is 0 Å². The molecule has 1 aliphatic rings. The number of rotatable bonds is 8. The van der Waals surface area contributed by atoms with Gasteiger partial charge in [-0.05, 0) is 44.7 Å². The van der Waals surface area contributed by atoms with Crippen LogP contribution in [0.5, 0.6) is 0 Å². The molecule has 1 aliphatic carbocycles. The molecule has 3 nitrogen and oxygen atoms in total. The van der Waals surface area contributed by atoms with Crippen LogP contribution in [0.1, 0.15) is 44.4 Å². The Morgan fingerprint density at radius 3 is 2.79 bits per heavy atom. The highest BCUT2D eigenvalue weighted by atomic mass is 15.1.